The fourth-order valence-electron chi connectivity index (χ4n) is 1.27. The molecule has 0 saturated heterocycles. The van der Waals surface area contributed by atoms with Crippen LogP contribution in [0.4, 0.5) is 4.79 Å². The Bertz CT molecular complexity index is 481. The maximum atomic E-state index is 10.5. The standard InChI is InChI=1S/C10H10N4O2/c11-9(15)16-10-12-4-3-8(13-10)7-14-5-1-2-6-14/h1-6H,7H2,(H2,11,15). The van der Waals surface area contributed by atoms with Crippen LogP contribution >= 0.6 is 0 Å². The molecule has 0 aliphatic rings. The number of nitrogens with zero attached hydrogens (tertiary/aromatic N) is 3. The van der Waals surface area contributed by atoms with Crippen LogP contribution in [0.1, 0.15) is 5.69 Å². The highest BCUT2D eigenvalue weighted by Crippen LogP contribution is 2.05. The van der Waals surface area contributed by atoms with Crippen molar-refractivity contribution in [3.05, 3.63) is 42.5 Å². The molecule has 0 aromatic carbocycles. The van der Waals surface area contributed by atoms with Crippen LogP contribution in [0.3, 0.4) is 0 Å². The van der Waals surface area contributed by atoms with E-state index in [-0.39, 0.29) is 6.01 Å². The first-order chi connectivity index (χ1) is 7.74. The summed E-state index contributed by atoms with van der Waals surface area (Å²) in [6.07, 6.45) is 4.43. The average Bonchev–Trinajstić information content (AvgIpc) is 2.70. The lowest BCUT2D eigenvalue weighted by Gasteiger charge is -2.03. The lowest BCUT2D eigenvalue weighted by molar-refractivity contribution is 0.206. The lowest BCUT2D eigenvalue weighted by atomic mass is 10.4. The molecule has 6 heteroatoms. The second kappa shape index (κ2) is 4.43. The summed E-state index contributed by atoms with van der Waals surface area (Å²) in [7, 11) is 0. The van der Waals surface area contributed by atoms with Crippen LogP contribution in [0, 0.1) is 0 Å². The summed E-state index contributed by atoms with van der Waals surface area (Å²) in [4.78, 5) is 18.3. The zero-order valence-corrected chi connectivity index (χ0v) is 8.41. The van der Waals surface area contributed by atoms with Gasteiger partial charge in [-0.25, -0.2) is 9.78 Å². The van der Waals surface area contributed by atoms with E-state index in [4.69, 9.17) is 5.73 Å². The average molecular weight is 218 g/mol. The fourth-order valence-corrected chi connectivity index (χ4v) is 1.27. The van der Waals surface area contributed by atoms with Crippen LogP contribution in [0.2, 0.25) is 0 Å². The predicted octanol–water partition coefficient (Wildman–Crippen LogP) is 0.784. The van der Waals surface area contributed by atoms with E-state index in [1.165, 1.54) is 6.20 Å². The van der Waals surface area contributed by atoms with Crippen LogP contribution in [0.25, 0.3) is 0 Å². The van der Waals surface area contributed by atoms with Crippen LogP contribution in [-0.4, -0.2) is 20.6 Å². The van der Waals surface area contributed by atoms with Crippen molar-refractivity contribution < 1.29 is 9.53 Å². The molecule has 0 saturated carbocycles. The smallest absolute Gasteiger partial charge is 0.374 e. The summed E-state index contributed by atoms with van der Waals surface area (Å²) in [5.74, 6) is 0. The second-order valence-corrected chi connectivity index (χ2v) is 3.11. The third kappa shape index (κ3) is 2.57. The van der Waals surface area contributed by atoms with E-state index >= 15 is 0 Å². The van der Waals surface area contributed by atoms with E-state index in [9.17, 15) is 4.79 Å². The first-order valence-electron chi connectivity index (χ1n) is 4.64. The highest BCUT2D eigenvalue weighted by molar-refractivity contribution is 5.66. The molecular weight excluding hydrogens is 208 g/mol. The molecule has 0 bridgehead atoms. The van der Waals surface area contributed by atoms with Gasteiger partial charge in [0.15, 0.2) is 0 Å². The molecule has 0 unspecified atom stereocenters. The molecule has 2 aromatic heterocycles. The Balaban J connectivity index is 2.13. The molecule has 2 N–H and O–H groups in total. The van der Waals surface area contributed by atoms with E-state index < -0.39 is 6.09 Å². The number of nitrogens with two attached hydrogens (primary N) is 1. The zero-order chi connectivity index (χ0) is 11.4. The van der Waals surface area contributed by atoms with E-state index in [1.807, 2.05) is 29.1 Å². The number of ether oxygens (including phenoxy) is 1. The molecule has 82 valence electrons. The molecule has 6 nitrogen and oxygen atoms in total. The molecule has 0 fully saturated rings. The Morgan fingerprint density at radius 2 is 2.19 bits per heavy atom. The predicted molar refractivity (Wildman–Crippen MR) is 55.8 cm³/mol. The summed E-state index contributed by atoms with van der Waals surface area (Å²) in [6, 6.07) is 5.55. The molecule has 16 heavy (non-hydrogen) atoms. The van der Waals surface area contributed by atoms with Crippen molar-refractivity contribution in [3.8, 4) is 6.01 Å². The maximum Gasteiger partial charge on any atom is 0.412 e. The van der Waals surface area contributed by atoms with Gasteiger partial charge in [-0.1, -0.05) is 0 Å². The molecule has 2 rings (SSSR count). The summed E-state index contributed by atoms with van der Waals surface area (Å²) in [5.41, 5.74) is 5.60. The van der Waals surface area contributed by atoms with Crippen LogP contribution in [0.5, 0.6) is 6.01 Å². The van der Waals surface area contributed by atoms with Gasteiger partial charge in [-0.15, -0.1) is 0 Å². The number of primary amides is 1. The van der Waals surface area contributed by atoms with Crippen LogP contribution < -0.4 is 10.5 Å². The third-order valence-corrected chi connectivity index (χ3v) is 1.89. The Hall–Kier alpha value is -2.37. The quantitative estimate of drug-likeness (QED) is 0.825. The molecular formula is C10H10N4O2. The van der Waals surface area contributed by atoms with E-state index in [0.29, 0.717) is 6.54 Å². The van der Waals surface area contributed by atoms with Gasteiger partial charge < -0.3 is 15.0 Å². The molecule has 0 spiro atoms. The first-order valence-corrected chi connectivity index (χ1v) is 4.64. The maximum absolute atomic E-state index is 10.5. The van der Waals surface area contributed by atoms with E-state index in [1.54, 1.807) is 6.07 Å². The van der Waals surface area contributed by atoms with Crippen molar-refractivity contribution in [2.45, 2.75) is 6.54 Å². The molecule has 0 radical (unpaired) electrons. The van der Waals surface area contributed by atoms with Gasteiger partial charge >= 0.3 is 12.1 Å². The number of carbonyl (C=O) groups excluding carboxylic acids is 1. The number of hydrogen-bond donors (Lipinski definition) is 1. The number of hydrogen-bond acceptors (Lipinski definition) is 4. The topological polar surface area (TPSA) is 83.0 Å². The van der Waals surface area contributed by atoms with E-state index in [2.05, 4.69) is 14.7 Å². The molecule has 1 amide bonds. The minimum atomic E-state index is -0.918. The molecule has 0 aliphatic carbocycles. The number of aromatic nitrogens is 3. The van der Waals surface area contributed by atoms with Gasteiger partial charge in [0.2, 0.25) is 0 Å². The van der Waals surface area contributed by atoms with Gasteiger partial charge in [0.05, 0.1) is 12.2 Å². The summed E-state index contributed by atoms with van der Waals surface area (Å²) in [5, 5.41) is 0. The Labute approximate surface area is 91.7 Å². The fraction of sp³-hybridized carbons (Fsp3) is 0.100. The highest BCUT2D eigenvalue weighted by Gasteiger charge is 2.03. The Kier molecular flexibility index (Phi) is 2.81. The first kappa shape index (κ1) is 10.2. The van der Waals surface area contributed by atoms with Gasteiger partial charge in [-0.05, 0) is 18.2 Å². The lowest BCUT2D eigenvalue weighted by Crippen LogP contribution is -2.18. The van der Waals surface area contributed by atoms with Gasteiger partial charge in [-0.3, -0.25) is 0 Å². The monoisotopic (exact) mass is 218 g/mol. The highest BCUT2D eigenvalue weighted by atomic mass is 16.6. The van der Waals surface area contributed by atoms with Gasteiger partial charge in [-0.2, -0.15) is 4.98 Å². The van der Waals surface area contributed by atoms with Crippen molar-refractivity contribution in [1.29, 1.82) is 0 Å². The van der Waals surface area contributed by atoms with Crippen molar-refractivity contribution >= 4 is 6.09 Å². The summed E-state index contributed by atoms with van der Waals surface area (Å²) >= 11 is 0. The molecule has 0 atom stereocenters. The third-order valence-electron chi connectivity index (χ3n) is 1.89. The van der Waals surface area contributed by atoms with Crippen LogP contribution in [-0.2, 0) is 6.54 Å². The summed E-state index contributed by atoms with van der Waals surface area (Å²) < 4.78 is 6.52. The Morgan fingerprint density at radius 3 is 2.88 bits per heavy atom. The van der Waals surface area contributed by atoms with Gasteiger partial charge in [0, 0.05) is 18.6 Å². The van der Waals surface area contributed by atoms with Gasteiger partial charge in [0.25, 0.3) is 0 Å². The Morgan fingerprint density at radius 1 is 1.44 bits per heavy atom. The zero-order valence-electron chi connectivity index (χ0n) is 8.41. The van der Waals surface area contributed by atoms with Crippen LogP contribution in [0.15, 0.2) is 36.8 Å². The molecule has 2 heterocycles. The van der Waals surface area contributed by atoms with Crippen molar-refractivity contribution in [2.24, 2.45) is 5.73 Å². The van der Waals surface area contributed by atoms with Crippen molar-refractivity contribution in [2.75, 3.05) is 0 Å². The minimum absolute atomic E-state index is 0.0304. The minimum Gasteiger partial charge on any atom is -0.374 e. The van der Waals surface area contributed by atoms with Gasteiger partial charge in [0.1, 0.15) is 0 Å². The number of amides is 1. The normalized spacial score (nSPS) is 10.0. The number of carbonyl (C=O) groups is 1. The second-order valence-electron chi connectivity index (χ2n) is 3.11. The van der Waals surface area contributed by atoms with Crippen molar-refractivity contribution in [1.82, 2.24) is 14.5 Å². The molecule has 0 aliphatic heterocycles. The van der Waals surface area contributed by atoms with Crippen molar-refractivity contribution in [3.63, 3.8) is 0 Å². The SMILES string of the molecule is NC(=O)Oc1nccc(Cn2cccc2)n1. The van der Waals surface area contributed by atoms with E-state index in [0.717, 1.165) is 5.69 Å². The summed E-state index contributed by atoms with van der Waals surface area (Å²) in [6.45, 7) is 0.588. The molecule has 2 aromatic rings. The largest absolute Gasteiger partial charge is 0.412 e. The number of rotatable bonds is 3.